The first-order valence-corrected chi connectivity index (χ1v) is 10.1. The number of aromatic nitrogens is 1. The third-order valence-electron chi connectivity index (χ3n) is 5.54. The minimum absolute atomic E-state index is 0.0231. The first-order valence-electron chi connectivity index (χ1n) is 10.1. The van der Waals surface area contributed by atoms with Gasteiger partial charge >= 0.3 is 5.97 Å². The number of pyridine rings is 1. The Hall–Kier alpha value is -2.51. The Bertz CT molecular complexity index is 935. The molecule has 3 heterocycles. The number of carbonyl (C=O) groups excluding carboxylic acids is 2. The van der Waals surface area contributed by atoms with Crippen LogP contribution in [0.3, 0.4) is 0 Å². The lowest BCUT2D eigenvalue weighted by molar-refractivity contribution is -0.146. The lowest BCUT2D eigenvalue weighted by Gasteiger charge is -2.35. The lowest BCUT2D eigenvalue weighted by atomic mass is 9.96. The molecule has 2 aromatic rings. The molecule has 0 N–H and O–H groups in total. The summed E-state index contributed by atoms with van der Waals surface area (Å²) >= 11 is 0. The van der Waals surface area contributed by atoms with Gasteiger partial charge in [0.25, 0.3) is 5.91 Å². The van der Waals surface area contributed by atoms with Gasteiger partial charge in [0, 0.05) is 49.2 Å². The summed E-state index contributed by atoms with van der Waals surface area (Å²) in [7, 11) is 2.03. The third-order valence-corrected chi connectivity index (χ3v) is 5.54. The van der Waals surface area contributed by atoms with Crippen molar-refractivity contribution in [3.8, 4) is 0 Å². The van der Waals surface area contributed by atoms with Crippen LogP contribution in [0.1, 0.15) is 35.5 Å². The number of nitrogens with zero attached hydrogens (tertiary/aromatic N) is 3. The Labute approximate surface area is 170 Å². The zero-order valence-electron chi connectivity index (χ0n) is 17.2. The standard InChI is InChI=1S/C22H27N3O4/c1-14-10-25(11-15(2)29-14)20(26)13-28-22(27)21-16-6-4-5-7-18(16)23-19-8-9-24(3)12-17(19)21/h4-7,14-15H,8-13H2,1-3H3. The highest BCUT2D eigenvalue weighted by Gasteiger charge is 2.28. The van der Waals surface area contributed by atoms with Gasteiger partial charge < -0.3 is 19.3 Å². The number of ether oxygens (including phenoxy) is 2. The Morgan fingerprint density at radius 2 is 1.93 bits per heavy atom. The molecule has 1 saturated heterocycles. The van der Waals surface area contributed by atoms with Gasteiger partial charge in [0.15, 0.2) is 6.61 Å². The maximum atomic E-state index is 13.1. The number of carbonyl (C=O) groups is 2. The van der Waals surface area contributed by atoms with E-state index in [2.05, 4.69) is 4.90 Å². The second-order valence-corrected chi connectivity index (χ2v) is 8.05. The Kier molecular flexibility index (Phi) is 5.52. The smallest absolute Gasteiger partial charge is 0.339 e. The molecular formula is C22H27N3O4. The Morgan fingerprint density at radius 3 is 2.69 bits per heavy atom. The van der Waals surface area contributed by atoms with E-state index in [0.29, 0.717) is 25.2 Å². The molecular weight excluding hydrogens is 370 g/mol. The summed E-state index contributed by atoms with van der Waals surface area (Å²) in [6.07, 6.45) is 0.745. The molecule has 0 spiro atoms. The monoisotopic (exact) mass is 397 g/mol. The highest BCUT2D eigenvalue weighted by Crippen LogP contribution is 2.28. The Morgan fingerprint density at radius 1 is 1.21 bits per heavy atom. The van der Waals surface area contributed by atoms with Crippen LogP contribution in [-0.4, -0.2) is 72.2 Å². The van der Waals surface area contributed by atoms with E-state index in [1.807, 2.05) is 45.2 Å². The predicted molar refractivity (Wildman–Crippen MR) is 109 cm³/mol. The molecule has 2 aliphatic rings. The number of amides is 1. The highest BCUT2D eigenvalue weighted by molar-refractivity contribution is 6.05. The van der Waals surface area contributed by atoms with E-state index < -0.39 is 5.97 Å². The number of morpholine rings is 1. The minimum Gasteiger partial charge on any atom is -0.452 e. The van der Waals surface area contributed by atoms with E-state index >= 15 is 0 Å². The molecule has 7 nitrogen and oxygen atoms in total. The minimum atomic E-state index is -0.460. The van der Waals surface area contributed by atoms with Crippen LogP contribution in [0.2, 0.25) is 0 Å². The van der Waals surface area contributed by atoms with Crippen LogP contribution in [0.4, 0.5) is 0 Å². The molecule has 1 amide bonds. The Balaban J connectivity index is 1.57. The average Bonchev–Trinajstić information content (AvgIpc) is 2.69. The van der Waals surface area contributed by atoms with Gasteiger partial charge in [-0.05, 0) is 27.0 Å². The number of benzene rings is 1. The van der Waals surface area contributed by atoms with Gasteiger partial charge in [0.05, 0.1) is 23.3 Å². The summed E-state index contributed by atoms with van der Waals surface area (Å²) in [6, 6.07) is 7.60. The second-order valence-electron chi connectivity index (χ2n) is 8.05. The van der Waals surface area contributed by atoms with Crippen LogP contribution in [-0.2, 0) is 27.2 Å². The quantitative estimate of drug-likeness (QED) is 0.738. The van der Waals surface area contributed by atoms with E-state index in [9.17, 15) is 9.59 Å². The van der Waals surface area contributed by atoms with Crippen molar-refractivity contribution in [3.05, 3.63) is 41.1 Å². The van der Waals surface area contributed by atoms with Gasteiger partial charge in [0.2, 0.25) is 0 Å². The summed E-state index contributed by atoms with van der Waals surface area (Å²) < 4.78 is 11.2. The molecule has 0 bridgehead atoms. The summed E-state index contributed by atoms with van der Waals surface area (Å²) in [5.41, 5.74) is 3.16. The largest absolute Gasteiger partial charge is 0.452 e. The van der Waals surface area contributed by atoms with Crippen LogP contribution in [0.25, 0.3) is 10.9 Å². The van der Waals surface area contributed by atoms with E-state index in [1.54, 1.807) is 4.90 Å². The maximum Gasteiger partial charge on any atom is 0.339 e. The zero-order chi connectivity index (χ0) is 20.5. The molecule has 1 aromatic heterocycles. The van der Waals surface area contributed by atoms with Gasteiger partial charge in [-0.1, -0.05) is 18.2 Å². The fourth-order valence-electron chi connectivity index (χ4n) is 4.23. The zero-order valence-corrected chi connectivity index (χ0v) is 17.2. The topological polar surface area (TPSA) is 72.0 Å². The van der Waals surface area contributed by atoms with E-state index in [-0.39, 0.29) is 24.7 Å². The summed E-state index contributed by atoms with van der Waals surface area (Å²) in [6.45, 7) is 6.18. The second kappa shape index (κ2) is 8.08. The number of likely N-dealkylation sites (N-methyl/N-ethyl adjacent to an activating group) is 1. The maximum absolute atomic E-state index is 13.1. The molecule has 0 aliphatic carbocycles. The SMILES string of the molecule is CC1CN(C(=O)COC(=O)c2c3c(nc4ccccc24)CCN(C)C3)CC(C)O1. The molecule has 154 valence electrons. The molecule has 4 rings (SSSR count). The highest BCUT2D eigenvalue weighted by atomic mass is 16.5. The van der Waals surface area contributed by atoms with Gasteiger partial charge in [-0.2, -0.15) is 0 Å². The number of rotatable bonds is 3. The number of esters is 1. The first-order chi connectivity index (χ1) is 13.9. The summed E-state index contributed by atoms with van der Waals surface area (Å²) in [4.78, 5) is 34.3. The number of hydrogen-bond donors (Lipinski definition) is 0. The molecule has 0 saturated carbocycles. The van der Waals surface area contributed by atoms with E-state index in [4.69, 9.17) is 14.5 Å². The van der Waals surface area contributed by atoms with Gasteiger partial charge in [-0.25, -0.2) is 4.79 Å². The molecule has 0 radical (unpaired) electrons. The van der Waals surface area contributed by atoms with Gasteiger partial charge in [-0.15, -0.1) is 0 Å². The normalized spacial score (nSPS) is 22.4. The third kappa shape index (κ3) is 4.11. The molecule has 2 aliphatic heterocycles. The van der Waals surface area contributed by atoms with Crippen LogP contribution in [0.5, 0.6) is 0 Å². The molecule has 2 unspecified atom stereocenters. The van der Waals surface area contributed by atoms with Crippen molar-refractivity contribution in [2.45, 2.75) is 39.0 Å². The molecule has 7 heteroatoms. The predicted octanol–water partition coefficient (Wildman–Crippen LogP) is 2.02. The summed E-state index contributed by atoms with van der Waals surface area (Å²) in [5, 5.41) is 0.771. The van der Waals surface area contributed by atoms with Crippen molar-refractivity contribution in [2.75, 3.05) is 33.3 Å². The molecule has 29 heavy (non-hydrogen) atoms. The van der Waals surface area contributed by atoms with Crippen LogP contribution < -0.4 is 0 Å². The lowest BCUT2D eigenvalue weighted by Crippen LogP contribution is -2.49. The van der Waals surface area contributed by atoms with Crippen LogP contribution in [0.15, 0.2) is 24.3 Å². The van der Waals surface area contributed by atoms with Crippen molar-refractivity contribution >= 4 is 22.8 Å². The van der Waals surface area contributed by atoms with Crippen molar-refractivity contribution in [1.29, 1.82) is 0 Å². The van der Waals surface area contributed by atoms with Crippen LogP contribution >= 0.6 is 0 Å². The van der Waals surface area contributed by atoms with Crippen molar-refractivity contribution in [2.24, 2.45) is 0 Å². The van der Waals surface area contributed by atoms with E-state index in [0.717, 1.165) is 35.1 Å². The number of para-hydroxylation sites is 1. The molecule has 1 fully saturated rings. The van der Waals surface area contributed by atoms with E-state index in [1.165, 1.54) is 0 Å². The molecule has 2 atom stereocenters. The first kappa shape index (κ1) is 19.8. The van der Waals surface area contributed by atoms with Gasteiger partial charge in [-0.3, -0.25) is 9.78 Å². The van der Waals surface area contributed by atoms with Crippen molar-refractivity contribution in [3.63, 3.8) is 0 Å². The fraction of sp³-hybridized carbons (Fsp3) is 0.500. The average molecular weight is 397 g/mol. The van der Waals surface area contributed by atoms with Crippen molar-refractivity contribution < 1.29 is 19.1 Å². The number of fused-ring (bicyclic) bond motifs is 2. The fourth-order valence-corrected chi connectivity index (χ4v) is 4.23. The number of hydrogen-bond acceptors (Lipinski definition) is 6. The summed E-state index contributed by atoms with van der Waals surface area (Å²) in [5.74, 6) is -0.650. The van der Waals surface area contributed by atoms with Crippen LogP contribution in [0, 0.1) is 0 Å². The van der Waals surface area contributed by atoms with Gasteiger partial charge in [0.1, 0.15) is 0 Å². The molecule has 1 aromatic carbocycles. The van der Waals surface area contributed by atoms with Crippen molar-refractivity contribution in [1.82, 2.24) is 14.8 Å².